The first kappa shape index (κ1) is 12.5. The maximum absolute atomic E-state index is 11.1. The van der Waals surface area contributed by atoms with Gasteiger partial charge in [0.2, 0.25) is 0 Å². The van der Waals surface area contributed by atoms with Crippen molar-refractivity contribution in [2.45, 2.75) is 64.5 Å². The molecular weight excluding hydrogens is 190 g/mol. The molecule has 15 heavy (non-hydrogen) atoms. The second-order valence-corrected chi connectivity index (χ2v) is 4.70. The Morgan fingerprint density at radius 3 is 2.47 bits per heavy atom. The maximum Gasteiger partial charge on any atom is 0.320 e. The van der Waals surface area contributed by atoms with Crippen LogP contribution in [0, 0.1) is 5.92 Å². The van der Waals surface area contributed by atoms with Crippen LogP contribution >= 0.6 is 0 Å². The van der Waals surface area contributed by atoms with Crippen molar-refractivity contribution in [3.05, 3.63) is 0 Å². The van der Waals surface area contributed by atoms with Crippen LogP contribution in [0.25, 0.3) is 0 Å². The Hall–Kier alpha value is -0.570. The summed E-state index contributed by atoms with van der Waals surface area (Å²) in [6.45, 7) is 4.05. The number of aliphatic carboxylic acids is 1. The minimum absolute atomic E-state index is 0.212. The van der Waals surface area contributed by atoms with Gasteiger partial charge in [0.15, 0.2) is 0 Å². The van der Waals surface area contributed by atoms with E-state index in [2.05, 4.69) is 5.32 Å². The van der Waals surface area contributed by atoms with Crippen LogP contribution in [-0.4, -0.2) is 23.2 Å². The van der Waals surface area contributed by atoms with Crippen molar-refractivity contribution >= 4 is 5.97 Å². The van der Waals surface area contributed by atoms with Gasteiger partial charge in [0.05, 0.1) is 0 Å². The summed E-state index contributed by atoms with van der Waals surface area (Å²) >= 11 is 0. The van der Waals surface area contributed by atoms with Crippen molar-refractivity contribution in [1.82, 2.24) is 5.32 Å². The highest BCUT2D eigenvalue weighted by Crippen LogP contribution is 2.19. The lowest BCUT2D eigenvalue weighted by atomic mass is 9.92. The van der Waals surface area contributed by atoms with Crippen LogP contribution in [0.2, 0.25) is 0 Å². The molecule has 0 saturated heterocycles. The van der Waals surface area contributed by atoms with Crippen LogP contribution in [0.1, 0.15) is 52.4 Å². The van der Waals surface area contributed by atoms with Crippen molar-refractivity contribution in [2.24, 2.45) is 5.92 Å². The molecule has 1 saturated carbocycles. The minimum atomic E-state index is -0.699. The molecule has 1 aliphatic carbocycles. The number of hydrogen-bond donors (Lipinski definition) is 2. The summed E-state index contributed by atoms with van der Waals surface area (Å²) in [5, 5.41) is 12.4. The molecule has 3 nitrogen and oxygen atoms in total. The second-order valence-electron chi connectivity index (χ2n) is 4.70. The van der Waals surface area contributed by atoms with Crippen molar-refractivity contribution < 1.29 is 9.90 Å². The summed E-state index contributed by atoms with van der Waals surface area (Å²) < 4.78 is 0. The Morgan fingerprint density at radius 1 is 1.40 bits per heavy atom. The van der Waals surface area contributed by atoms with Gasteiger partial charge in [0.1, 0.15) is 6.04 Å². The molecule has 0 heterocycles. The van der Waals surface area contributed by atoms with Gasteiger partial charge < -0.3 is 10.4 Å². The second kappa shape index (κ2) is 6.11. The standard InChI is InChI=1S/C12H23NO2/c1-3-9(2)11(12(14)15)13-10-7-5-4-6-8-10/h9-11,13H,3-8H2,1-2H3,(H,14,15)/t9-,11-/m0/s1. The van der Waals surface area contributed by atoms with Gasteiger partial charge in [-0.05, 0) is 18.8 Å². The molecule has 0 aliphatic heterocycles. The molecule has 0 aromatic rings. The largest absolute Gasteiger partial charge is 0.480 e. The molecule has 0 aromatic carbocycles. The smallest absolute Gasteiger partial charge is 0.320 e. The Labute approximate surface area is 92.3 Å². The number of rotatable bonds is 5. The molecular formula is C12H23NO2. The quantitative estimate of drug-likeness (QED) is 0.737. The van der Waals surface area contributed by atoms with Crippen LogP contribution in [0.3, 0.4) is 0 Å². The molecule has 0 spiro atoms. The number of nitrogens with one attached hydrogen (secondary N) is 1. The van der Waals surface area contributed by atoms with Gasteiger partial charge in [-0.1, -0.05) is 39.5 Å². The van der Waals surface area contributed by atoms with E-state index in [-0.39, 0.29) is 12.0 Å². The highest BCUT2D eigenvalue weighted by molar-refractivity contribution is 5.73. The average Bonchev–Trinajstić information content (AvgIpc) is 2.26. The van der Waals surface area contributed by atoms with Crippen molar-refractivity contribution in [2.75, 3.05) is 0 Å². The van der Waals surface area contributed by atoms with Crippen LogP contribution in [0.4, 0.5) is 0 Å². The van der Waals surface area contributed by atoms with E-state index in [1.54, 1.807) is 0 Å². The third-order valence-electron chi connectivity index (χ3n) is 3.50. The van der Waals surface area contributed by atoms with E-state index in [1.807, 2.05) is 13.8 Å². The summed E-state index contributed by atoms with van der Waals surface area (Å²) in [6, 6.07) is 0.0620. The fourth-order valence-electron chi connectivity index (χ4n) is 2.24. The predicted octanol–water partition coefficient (Wildman–Crippen LogP) is 2.41. The first-order valence-electron chi connectivity index (χ1n) is 6.14. The fourth-order valence-corrected chi connectivity index (χ4v) is 2.24. The molecule has 1 fully saturated rings. The van der Waals surface area contributed by atoms with E-state index in [0.717, 1.165) is 19.3 Å². The zero-order valence-corrected chi connectivity index (χ0v) is 9.83. The van der Waals surface area contributed by atoms with Gasteiger partial charge in [-0.3, -0.25) is 4.79 Å². The molecule has 1 rings (SSSR count). The summed E-state index contributed by atoms with van der Waals surface area (Å²) in [6.07, 6.45) is 6.98. The van der Waals surface area contributed by atoms with Crippen molar-refractivity contribution in [1.29, 1.82) is 0 Å². The first-order chi connectivity index (χ1) is 7.15. The Bertz CT molecular complexity index is 200. The number of carboxylic acids is 1. The summed E-state index contributed by atoms with van der Waals surface area (Å²) in [5.41, 5.74) is 0. The highest BCUT2D eigenvalue weighted by Gasteiger charge is 2.26. The Kier molecular flexibility index (Phi) is 5.09. The summed E-state index contributed by atoms with van der Waals surface area (Å²) in [4.78, 5) is 11.1. The normalized spacial score (nSPS) is 22.3. The van der Waals surface area contributed by atoms with Gasteiger partial charge in [-0.15, -0.1) is 0 Å². The monoisotopic (exact) mass is 213 g/mol. The van der Waals surface area contributed by atoms with E-state index in [0.29, 0.717) is 6.04 Å². The average molecular weight is 213 g/mol. The molecule has 88 valence electrons. The van der Waals surface area contributed by atoms with Crippen molar-refractivity contribution in [3.63, 3.8) is 0 Å². The predicted molar refractivity (Wildman–Crippen MR) is 60.9 cm³/mol. The fraction of sp³-hybridized carbons (Fsp3) is 0.917. The lowest BCUT2D eigenvalue weighted by Crippen LogP contribution is -2.47. The van der Waals surface area contributed by atoms with Gasteiger partial charge in [-0.2, -0.15) is 0 Å². The van der Waals surface area contributed by atoms with Crippen LogP contribution in [-0.2, 0) is 4.79 Å². The number of carboxylic acid groups (broad SMARTS) is 1. The SMILES string of the molecule is CC[C@H](C)[C@H](NC1CCCCC1)C(=O)O. The Morgan fingerprint density at radius 2 is 2.00 bits per heavy atom. The van der Waals surface area contributed by atoms with Crippen LogP contribution in [0.5, 0.6) is 0 Å². The molecule has 0 bridgehead atoms. The van der Waals surface area contributed by atoms with Gasteiger partial charge in [0.25, 0.3) is 0 Å². The van der Waals surface area contributed by atoms with E-state index >= 15 is 0 Å². The number of hydrogen-bond acceptors (Lipinski definition) is 2. The molecule has 0 radical (unpaired) electrons. The zero-order chi connectivity index (χ0) is 11.3. The third kappa shape index (κ3) is 3.82. The van der Waals surface area contributed by atoms with Crippen molar-refractivity contribution in [3.8, 4) is 0 Å². The molecule has 0 aromatic heterocycles. The summed E-state index contributed by atoms with van der Waals surface area (Å²) in [5.74, 6) is -0.487. The van der Waals surface area contributed by atoms with Gasteiger partial charge in [-0.25, -0.2) is 0 Å². The zero-order valence-electron chi connectivity index (χ0n) is 9.83. The molecule has 1 aliphatic rings. The highest BCUT2D eigenvalue weighted by atomic mass is 16.4. The third-order valence-corrected chi connectivity index (χ3v) is 3.50. The number of carbonyl (C=O) groups is 1. The minimum Gasteiger partial charge on any atom is -0.480 e. The van der Waals surface area contributed by atoms with E-state index in [4.69, 9.17) is 5.11 Å². The molecule has 3 heteroatoms. The van der Waals surface area contributed by atoms with E-state index in [1.165, 1.54) is 19.3 Å². The lowest BCUT2D eigenvalue weighted by molar-refractivity contribution is -0.141. The van der Waals surface area contributed by atoms with Crippen LogP contribution < -0.4 is 5.32 Å². The lowest BCUT2D eigenvalue weighted by Gasteiger charge is -2.29. The van der Waals surface area contributed by atoms with E-state index < -0.39 is 5.97 Å². The van der Waals surface area contributed by atoms with Gasteiger partial charge >= 0.3 is 5.97 Å². The topological polar surface area (TPSA) is 49.3 Å². The van der Waals surface area contributed by atoms with Gasteiger partial charge in [0, 0.05) is 6.04 Å². The first-order valence-corrected chi connectivity index (χ1v) is 6.14. The molecule has 0 unspecified atom stereocenters. The molecule has 0 amide bonds. The van der Waals surface area contributed by atoms with Crippen LogP contribution in [0.15, 0.2) is 0 Å². The maximum atomic E-state index is 11.1. The summed E-state index contributed by atoms with van der Waals surface area (Å²) in [7, 11) is 0. The van der Waals surface area contributed by atoms with E-state index in [9.17, 15) is 4.79 Å². The molecule has 2 atom stereocenters. The Balaban J connectivity index is 2.45. The molecule has 2 N–H and O–H groups in total.